The highest BCUT2D eigenvalue weighted by Crippen LogP contribution is 2.46. The van der Waals surface area contributed by atoms with Gasteiger partial charge < -0.3 is 15.0 Å². The van der Waals surface area contributed by atoms with Gasteiger partial charge in [0, 0.05) is 25.7 Å². The van der Waals surface area contributed by atoms with E-state index in [1.165, 1.54) is 11.0 Å². The maximum absolute atomic E-state index is 15.2. The van der Waals surface area contributed by atoms with E-state index in [1.807, 2.05) is 9.58 Å². The molecule has 1 N–H and O–H groups in total. The van der Waals surface area contributed by atoms with E-state index >= 15 is 4.39 Å². The average molecular weight is 502 g/mol. The van der Waals surface area contributed by atoms with Crippen molar-refractivity contribution in [2.75, 3.05) is 29.4 Å². The third-order valence-electron chi connectivity index (χ3n) is 7.01. The van der Waals surface area contributed by atoms with E-state index in [1.54, 1.807) is 35.1 Å². The number of benzene rings is 1. The molecule has 1 aliphatic carbocycles. The van der Waals surface area contributed by atoms with Gasteiger partial charge in [0.25, 0.3) is 11.5 Å². The van der Waals surface area contributed by atoms with Gasteiger partial charge >= 0.3 is 12.5 Å². The van der Waals surface area contributed by atoms with Crippen LogP contribution in [0.15, 0.2) is 41.3 Å². The zero-order chi connectivity index (χ0) is 25.2. The summed E-state index contributed by atoms with van der Waals surface area (Å²) in [5.74, 6) is -1.97. The molecule has 2 aliphatic heterocycles. The molecule has 6 rings (SSSR count). The van der Waals surface area contributed by atoms with E-state index in [0.717, 1.165) is 0 Å². The molecule has 1 saturated carbocycles. The van der Waals surface area contributed by atoms with Crippen molar-refractivity contribution in [3.05, 3.63) is 52.7 Å². The van der Waals surface area contributed by atoms with Crippen molar-refractivity contribution in [3.8, 4) is 0 Å². The fourth-order valence-electron chi connectivity index (χ4n) is 5.07. The first-order chi connectivity index (χ1) is 17.3. The number of halogens is 3. The van der Waals surface area contributed by atoms with Gasteiger partial charge in [0.15, 0.2) is 11.2 Å². The molecule has 1 saturated heterocycles. The normalized spacial score (nSPS) is 23.2. The quantitative estimate of drug-likeness (QED) is 0.583. The summed E-state index contributed by atoms with van der Waals surface area (Å²) in [5.41, 5.74) is -0.0498. The van der Waals surface area contributed by atoms with Crippen LogP contribution in [0.25, 0.3) is 11.0 Å². The zero-order valence-electron chi connectivity index (χ0n) is 18.9. The summed E-state index contributed by atoms with van der Waals surface area (Å²) in [6.07, 6.45) is -2.05. The van der Waals surface area contributed by atoms with E-state index in [9.17, 15) is 23.2 Å². The molecular formula is C23H21F3N6O4. The first-order valence-electron chi connectivity index (χ1n) is 11.5. The number of hydrogen-bond donors (Lipinski definition) is 1. The van der Waals surface area contributed by atoms with Crippen LogP contribution < -0.4 is 20.7 Å². The van der Waals surface area contributed by atoms with Gasteiger partial charge in [-0.25, -0.2) is 18.9 Å². The zero-order valence-corrected chi connectivity index (χ0v) is 18.9. The van der Waals surface area contributed by atoms with Crippen LogP contribution in [0.3, 0.4) is 0 Å². The summed E-state index contributed by atoms with van der Waals surface area (Å²) < 4.78 is 49.0. The molecule has 10 nitrogen and oxygen atoms in total. The SMILES string of the molecule is O=C(N[C@H]1C[C@]12CN(c1ccc(N3CCn4c(=O)c5cccnc5n4CC3)c(F)c1)C(=O)O2)C(F)F. The number of hydrogen-bond acceptors (Lipinski definition) is 6. The van der Waals surface area contributed by atoms with Crippen molar-refractivity contribution in [2.24, 2.45) is 0 Å². The minimum Gasteiger partial charge on any atom is -0.438 e. The van der Waals surface area contributed by atoms with Crippen LogP contribution in [0.1, 0.15) is 6.42 Å². The van der Waals surface area contributed by atoms with Gasteiger partial charge in [-0.2, -0.15) is 8.78 Å². The number of nitrogens with one attached hydrogen (secondary N) is 1. The Kier molecular flexibility index (Phi) is 4.99. The van der Waals surface area contributed by atoms with Gasteiger partial charge in [-0.15, -0.1) is 0 Å². The Bertz CT molecular complexity index is 1460. The molecule has 188 valence electrons. The number of nitrogens with zero attached hydrogens (tertiary/aromatic N) is 5. The maximum Gasteiger partial charge on any atom is 0.415 e. The number of carbonyl (C=O) groups is 2. The molecule has 2 fully saturated rings. The molecule has 3 aromatic rings. The lowest BCUT2D eigenvalue weighted by Gasteiger charge is -2.23. The van der Waals surface area contributed by atoms with Gasteiger partial charge in [-0.05, 0) is 30.3 Å². The van der Waals surface area contributed by atoms with Crippen molar-refractivity contribution < 1.29 is 27.5 Å². The third kappa shape index (κ3) is 3.48. The smallest absolute Gasteiger partial charge is 0.415 e. The summed E-state index contributed by atoms with van der Waals surface area (Å²) in [5, 5.41) is 2.71. The van der Waals surface area contributed by atoms with Crippen molar-refractivity contribution in [1.82, 2.24) is 19.7 Å². The highest BCUT2D eigenvalue weighted by Gasteiger charge is 2.64. The second-order valence-electron chi connectivity index (χ2n) is 9.13. The molecule has 4 heterocycles. The lowest BCUT2D eigenvalue weighted by atomic mass is 10.2. The van der Waals surface area contributed by atoms with E-state index in [4.69, 9.17) is 4.74 Å². The van der Waals surface area contributed by atoms with Crippen molar-refractivity contribution in [3.63, 3.8) is 0 Å². The first-order valence-corrected chi connectivity index (χ1v) is 11.5. The van der Waals surface area contributed by atoms with E-state index < -0.39 is 35.9 Å². The number of carbonyl (C=O) groups excluding carboxylic acids is 2. The Morgan fingerprint density at radius 3 is 2.67 bits per heavy atom. The molecule has 3 aliphatic rings. The van der Waals surface area contributed by atoms with Crippen LogP contribution in [0.5, 0.6) is 0 Å². The van der Waals surface area contributed by atoms with Crippen molar-refractivity contribution >= 4 is 34.4 Å². The maximum atomic E-state index is 15.2. The standard InChI is InChI=1S/C23H21F3N6O4/c24-15-10-13(30-12-23(36-22(30)35)11-17(23)28-20(33)18(25)26)3-4-16(15)29-6-8-31-19-14(2-1-5-27-19)21(34)32(31)9-7-29/h1-5,10,17-18H,6-9,11-12H2,(H,28,33)/t17-,23-/m0/s1. The van der Waals surface area contributed by atoms with Crippen LogP contribution in [0, 0.1) is 5.82 Å². The monoisotopic (exact) mass is 502 g/mol. The molecule has 36 heavy (non-hydrogen) atoms. The molecule has 0 bridgehead atoms. The number of fused-ring (bicyclic) bond motifs is 3. The second-order valence-corrected chi connectivity index (χ2v) is 9.13. The molecule has 0 radical (unpaired) electrons. The Labute approximate surface area is 201 Å². The molecule has 2 aromatic heterocycles. The minimum absolute atomic E-state index is 0.0148. The van der Waals surface area contributed by atoms with Crippen molar-refractivity contribution in [2.45, 2.75) is 37.6 Å². The summed E-state index contributed by atoms with van der Waals surface area (Å²) in [7, 11) is 0. The van der Waals surface area contributed by atoms with Crippen LogP contribution in [0.2, 0.25) is 0 Å². The molecule has 2 amide bonds. The molecule has 2 atom stereocenters. The highest BCUT2D eigenvalue weighted by molar-refractivity contribution is 5.91. The minimum atomic E-state index is -3.16. The van der Waals surface area contributed by atoms with E-state index in [0.29, 0.717) is 42.9 Å². The molecular weight excluding hydrogens is 481 g/mol. The Morgan fingerprint density at radius 1 is 1.14 bits per heavy atom. The number of ether oxygens (including phenoxy) is 1. The number of alkyl halides is 2. The topological polar surface area (TPSA) is 102 Å². The van der Waals surface area contributed by atoms with Gasteiger partial charge in [-0.3, -0.25) is 19.2 Å². The van der Waals surface area contributed by atoms with Crippen LogP contribution in [-0.2, 0) is 22.6 Å². The van der Waals surface area contributed by atoms with Crippen molar-refractivity contribution in [1.29, 1.82) is 0 Å². The number of amides is 2. The first kappa shape index (κ1) is 22.4. The van der Waals surface area contributed by atoms with E-state index in [-0.39, 0.29) is 24.2 Å². The van der Waals surface area contributed by atoms with Gasteiger partial charge in [0.05, 0.1) is 42.4 Å². The van der Waals surface area contributed by atoms with Gasteiger partial charge in [0.2, 0.25) is 0 Å². The number of pyridine rings is 1. The molecule has 1 spiro atoms. The highest BCUT2D eigenvalue weighted by atomic mass is 19.3. The Hall–Kier alpha value is -4.03. The summed E-state index contributed by atoms with van der Waals surface area (Å²) in [4.78, 5) is 43.8. The summed E-state index contributed by atoms with van der Waals surface area (Å²) in [6.45, 7) is 1.64. The average Bonchev–Trinajstić information content (AvgIpc) is 3.38. The number of anilines is 2. The Balaban J connectivity index is 1.18. The largest absolute Gasteiger partial charge is 0.438 e. The fourth-order valence-corrected chi connectivity index (χ4v) is 5.07. The summed E-state index contributed by atoms with van der Waals surface area (Å²) >= 11 is 0. The lowest BCUT2D eigenvalue weighted by Crippen LogP contribution is -2.37. The second kappa shape index (κ2) is 8.00. The lowest BCUT2D eigenvalue weighted by molar-refractivity contribution is -0.132. The van der Waals surface area contributed by atoms with Gasteiger partial charge in [-0.1, -0.05) is 0 Å². The summed E-state index contributed by atoms with van der Waals surface area (Å²) in [6, 6.07) is 7.11. The number of rotatable bonds is 4. The predicted octanol–water partition coefficient (Wildman–Crippen LogP) is 1.71. The molecule has 1 aromatic carbocycles. The molecule has 0 unspecified atom stereocenters. The van der Waals surface area contributed by atoms with E-state index in [2.05, 4.69) is 10.3 Å². The van der Waals surface area contributed by atoms with Crippen LogP contribution in [-0.4, -0.2) is 64.1 Å². The van der Waals surface area contributed by atoms with Gasteiger partial charge in [0.1, 0.15) is 5.82 Å². The van der Waals surface area contributed by atoms with Crippen LogP contribution in [0.4, 0.5) is 29.3 Å². The Morgan fingerprint density at radius 2 is 1.92 bits per heavy atom. The third-order valence-corrected chi connectivity index (χ3v) is 7.01. The molecule has 13 heteroatoms. The fraction of sp³-hybridized carbons (Fsp3) is 0.391. The predicted molar refractivity (Wildman–Crippen MR) is 122 cm³/mol. The number of aromatic nitrogens is 3. The van der Waals surface area contributed by atoms with Crippen LogP contribution >= 0.6 is 0 Å².